The highest BCUT2D eigenvalue weighted by molar-refractivity contribution is 7.91. The molecular weight excluding hydrogens is 550 g/mol. The number of carbonyl (C=O) groups is 2. The van der Waals surface area contributed by atoms with E-state index in [1.807, 2.05) is 32.0 Å². The predicted molar refractivity (Wildman–Crippen MR) is 154 cm³/mol. The maximum atomic E-state index is 13.7. The summed E-state index contributed by atoms with van der Waals surface area (Å²) in [5.41, 5.74) is 3.07. The van der Waals surface area contributed by atoms with Crippen LogP contribution in [0.2, 0.25) is 5.02 Å². The van der Waals surface area contributed by atoms with Gasteiger partial charge in [0.2, 0.25) is 9.84 Å². The van der Waals surface area contributed by atoms with Gasteiger partial charge in [-0.3, -0.25) is 4.79 Å². The number of sulfone groups is 1. The Morgan fingerprint density at radius 1 is 0.900 bits per heavy atom. The summed E-state index contributed by atoms with van der Waals surface area (Å²) < 4.78 is 34.8. The minimum Gasteiger partial charge on any atom is -0.494 e. The lowest BCUT2D eigenvalue weighted by Crippen LogP contribution is -2.13. The first kappa shape index (κ1) is 29.1. The van der Waals surface area contributed by atoms with Crippen molar-refractivity contribution in [3.8, 4) is 5.75 Å². The van der Waals surface area contributed by atoms with E-state index >= 15 is 0 Å². The minimum absolute atomic E-state index is 0.0192. The van der Waals surface area contributed by atoms with Crippen molar-refractivity contribution in [3.63, 3.8) is 0 Å². The fourth-order valence-electron chi connectivity index (χ4n) is 4.88. The number of halogens is 1. The molecule has 4 aromatic rings. The van der Waals surface area contributed by atoms with Gasteiger partial charge in [-0.05, 0) is 81.6 Å². The fraction of sp³-hybridized carbons (Fsp3) is 0.226. The van der Waals surface area contributed by atoms with Gasteiger partial charge in [-0.15, -0.1) is 0 Å². The molecule has 0 amide bonds. The molecule has 0 aliphatic rings. The molecule has 9 heteroatoms. The first-order chi connectivity index (χ1) is 18.9. The van der Waals surface area contributed by atoms with E-state index < -0.39 is 15.8 Å². The maximum absolute atomic E-state index is 13.7. The highest BCUT2D eigenvalue weighted by Gasteiger charge is 2.31. The molecule has 0 aliphatic heterocycles. The molecule has 0 unspecified atom stereocenters. The molecule has 1 aromatic heterocycles. The number of aromatic carboxylic acids is 1. The van der Waals surface area contributed by atoms with Gasteiger partial charge in [0.1, 0.15) is 11.4 Å². The maximum Gasteiger partial charge on any atom is 0.352 e. The molecule has 0 spiro atoms. The van der Waals surface area contributed by atoms with Gasteiger partial charge in [-0.1, -0.05) is 41.9 Å². The second-order valence-electron chi connectivity index (χ2n) is 9.64. The van der Waals surface area contributed by atoms with E-state index in [2.05, 4.69) is 0 Å². The van der Waals surface area contributed by atoms with Crippen LogP contribution in [0.1, 0.15) is 55.2 Å². The third kappa shape index (κ3) is 5.69. The molecule has 0 aliphatic carbocycles. The average molecular weight is 580 g/mol. The lowest BCUT2D eigenvalue weighted by molar-refractivity contribution is 0.0683. The second kappa shape index (κ2) is 11.7. The number of nitrogens with zero attached hydrogens (tertiary/aromatic N) is 1. The number of ether oxygens (including phenoxy) is 1. The van der Waals surface area contributed by atoms with Gasteiger partial charge >= 0.3 is 5.97 Å². The zero-order chi connectivity index (χ0) is 29.2. The molecule has 0 atom stereocenters. The van der Waals surface area contributed by atoms with Crippen LogP contribution in [0.3, 0.4) is 0 Å². The van der Waals surface area contributed by atoms with E-state index in [0.717, 1.165) is 11.1 Å². The Hall–Kier alpha value is -3.88. The van der Waals surface area contributed by atoms with Crippen molar-refractivity contribution in [3.05, 3.63) is 111 Å². The molecule has 208 valence electrons. The van der Waals surface area contributed by atoms with E-state index in [0.29, 0.717) is 40.6 Å². The van der Waals surface area contributed by atoms with Crippen LogP contribution >= 0.6 is 11.6 Å². The highest BCUT2D eigenvalue weighted by Crippen LogP contribution is 2.32. The average Bonchev–Trinajstić information content (AvgIpc) is 3.19. The number of hydrogen-bond acceptors (Lipinski definition) is 5. The summed E-state index contributed by atoms with van der Waals surface area (Å²) in [6, 6.07) is 18.1. The highest BCUT2D eigenvalue weighted by atomic mass is 35.5. The Balaban J connectivity index is 1.58. The van der Waals surface area contributed by atoms with Crippen LogP contribution in [0.15, 0.2) is 76.5 Å². The van der Waals surface area contributed by atoms with Crippen LogP contribution < -0.4 is 4.74 Å². The minimum atomic E-state index is -4.07. The molecule has 0 saturated carbocycles. The summed E-state index contributed by atoms with van der Waals surface area (Å²) in [5, 5.41) is 10.6. The lowest BCUT2D eigenvalue weighted by atomic mass is 10.0. The number of carboxylic acid groups (broad SMARTS) is 1. The Morgan fingerprint density at radius 3 is 2.05 bits per heavy atom. The molecule has 1 N–H and O–H groups in total. The number of aromatic nitrogens is 1. The van der Waals surface area contributed by atoms with Crippen LogP contribution in [-0.2, 0) is 16.4 Å². The van der Waals surface area contributed by atoms with Gasteiger partial charge < -0.3 is 14.4 Å². The number of rotatable bonds is 10. The SMILES string of the molecule is Cc1cc(OCCCn2c(C)c(S(=O)(=O)c3ccc(C(=O)c4ccccc4)cc3)c(C)c2C(=O)O)cc(C)c1Cl. The van der Waals surface area contributed by atoms with Crippen LogP contribution in [0.5, 0.6) is 5.75 Å². The van der Waals surface area contributed by atoms with E-state index in [-0.39, 0.29) is 33.4 Å². The van der Waals surface area contributed by atoms with Gasteiger partial charge in [0.15, 0.2) is 5.78 Å². The van der Waals surface area contributed by atoms with Crippen LogP contribution in [0.25, 0.3) is 0 Å². The number of hydrogen-bond donors (Lipinski definition) is 1. The van der Waals surface area contributed by atoms with Crippen molar-refractivity contribution in [1.29, 1.82) is 0 Å². The third-order valence-electron chi connectivity index (χ3n) is 6.84. The summed E-state index contributed by atoms with van der Waals surface area (Å²) in [5.74, 6) is -0.770. The normalized spacial score (nSPS) is 11.4. The van der Waals surface area contributed by atoms with Crippen LogP contribution in [-0.4, -0.2) is 36.5 Å². The van der Waals surface area contributed by atoms with Crippen LogP contribution in [0, 0.1) is 27.7 Å². The molecule has 0 saturated heterocycles. The monoisotopic (exact) mass is 579 g/mol. The summed E-state index contributed by atoms with van der Waals surface area (Å²) >= 11 is 6.22. The zero-order valence-corrected chi connectivity index (χ0v) is 24.3. The molecule has 3 aromatic carbocycles. The van der Waals surface area contributed by atoms with Crippen molar-refractivity contribution >= 4 is 33.2 Å². The quantitative estimate of drug-likeness (QED) is 0.168. The number of carboxylic acids is 1. The smallest absolute Gasteiger partial charge is 0.352 e. The first-order valence-corrected chi connectivity index (χ1v) is 14.6. The van der Waals surface area contributed by atoms with E-state index in [1.54, 1.807) is 31.2 Å². The molecule has 0 bridgehead atoms. The van der Waals surface area contributed by atoms with Gasteiger partial charge in [-0.2, -0.15) is 0 Å². The Bertz CT molecular complexity index is 1670. The fourth-order valence-corrected chi connectivity index (χ4v) is 6.72. The molecular formula is C31H30ClNO6S. The number of ketones is 1. The van der Waals surface area contributed by atoms with E-state index in [1.165, 1.54) is 35.8 Å². The molecule has 40 heavy (non-hydrogen) atoms. The summed E-state index contributed by atoms with van der Waals surface area (Å²) in [6.07, 6.45) is 0.450. The standard InChI is InChI=1S/C31H30ClNO6S/c1-19-17-25(18-20(2)27(19)32)39-16-8-15-33-22(4)30(21(3)28(33)31(35)36)40(37,38)26-13-11-24(12-14-26)29(34)23-9-6-5-7-10-23/h5-7,9-14,17-18H,8,15-16H2,1-4H3,(H,35,36). The van der Waals surface area contributed by atoms with Gasteiger partial charge in [0.25, 0.3) is 0 Å². The number of carbonyl (C=O) groups excluding carboxylic acids is 1. The number of aryl methyl sites for hydroxylation is 2. The van der Waals surface area contributed by atoms with Crippen molar-refractivity contribution in [1.82, 2.24) is 4.57 Å². The van der Waals surface area contributed by atoms with Gasteiger partial charge in [-0.25, -0.2) is 13.2 Å². The Labute approximate surface area is 238 Å². The summed E-state index contributed by atoms with van der Waals surface area (Å²) in [7, 11) is -4.07. The molecule has 1 heterocycles. The van der Waals surface area contributed by atoms with Gasteiger partial charge in [0, 0.05) is 34.0 Å². The zero-order valence-electron chi connectivity index (χ0n) is 22.7. The molecule has 0 fully saturated rings. The second-order valence-corrected chi connectivity index (χ2v) is 11.9. The summed E-state index contributed by atoms with van der Waals surface area (Å²) in [6.45, 7) is 7.44. The first-order valence-electron chi connectivity index (χ1n) is 12.7. The largest absolute Gasteiger partial charge is 0.494 e. The van der Waals surface area contributed by atoms with Crippen molar-refractivity contribution in [2.45, 2.75) is 50.5 Å². The Kier molecular flexibility index (Phi) is 8.51. The van der Waals surface area contributed by atoms with Crippen molar-refractivity contribution in [2.75, 3.05) is 6.61 Å². The van der Waals surface area contributed by atoms with E-state index in [9.17, 15) is 23.1 Å². The number of benzene rings is 3. The van der Waals surface area contributed by atoms with Gasteiger partial charge in [0.05, 0.1) is 16.4 Å². The van der Waals surface area contributed by atoms with E-state index in [4.69, 9.17) is 16.3 Å². The molecule has 0 radical (unpaired) electrons. The topological polar surface area (TPSA) is 103 Å². The molecule has 7 nitrogen and oxygen atoms in total. The summed E-state index contributed by atoms with van der Waals surface area (Å²) in [4.78, 5) is 24.9. The predicted octanol–water partition coefficient (Wildman–Crippen LogP) is 6.61. The Morgan fingerprint density at radius 2 is 1.48 bits per heavy atom. The molecule has 4 rings (SSSR count). The third-order valence-corrected chi connectivity index (χ3v) is 9.47. The van der Waals surface area contributed by atoms with Crippen molar-refractivity contribution in [2.24, 2.45) is 0 Å². The lowest BCUT2D eigenvalue weighted by Gasteiger charge is -2.12. The van der Waals surface area contributed by atoms with Crippen LogP contribution in [0.4, 0.5) is 0 Å². The van der Waals surface area contributed by atoms with Crippen molar-refractivity contribution < 1.29 is 27.9 Å².